The van der Waals surface area contributed by atoms with Gasteiger partial charge in [-0.25, -0.2) is 0 Å². The average Bonchev–Trinajstić information content (AvgIpc) is 2.67. The molecule has 1 aromatic rings. The van der Waals surface area contributed by atoms with Crippen molar-refractivity contribution >= 4 is 47.0 Å². The minimum absolute atomic E-state index is 0.223. The molecule has 0 unspecified atom stereocenters. The number of carbonyl (C=O) groups is 1. The molecule has 1 saturated carbocycles. The molecule has 0 spiro atoms. The van der Waals surface area contributed by atoms with E-state index in [0.29, 0.717) is 0 Å². The Hall–Kier alpha value is -0.640. The predicted octanol–water partition coefficient (Wildman–Crippen LogP) is 5.80. The summed E-state index contributed by atoms with van der Waals surface area (Å²) in [7, 11) is 0. The number of Topliss-reactive ketones (excluding diaryl/α,β-unsaturated/α-hetero) is 1. The summed E-state index contributed by atoms with van der Waals surface area (Å²) in [6.07, 6.45) is 10.0. The van der Waals surface area contributed by atoms with Crippen molar-refractivity contribution in [2.24, 2.45) is 0 Å². The maximum absolute atomic E-state index is 12.8. The van der Waals surface area contributed by atoms with E-state index in [2.05, 4.69) is 0 Å². The minimum atomic E-state index is 0.223. The Morgan fingerprint density at radius 3 is 2.33 bits per heavy atom. The Morgan fingerprint density at radius 1 is 1.10 bits per heavy atom. The number of carbonyl (C=O) groups excluding carboxylic acids is 1. The number of benzene rings is 1. The summed E-state index contributed by atoms with van der Waals surface area (Å²) in [5, 5.41) is 0.719. The van der Waals surface area contributed by atoms with Crippen molar-refractivity contribution in [1.82, 2.24) is 0 Å². The fourth-order valence-electron chi connectivity index (χ4n) is 2.46. The first-order chi connectivity index (χ1) is 10.2. The van der Waals surface area contributed by atoms with E-state index in [1.807, 2.05) is 42.9 Å². The molecule has 1 aliphatic rings. The van der Waals surface area contributed by atoms with E-state index >= 15 is 0 Å². The predicted molar refractivity (Wildman–Crippen MR) is 97.0 cm³/mol. The maximum atomic E-state index is 12.8. The zero-order chi connectivity index (χ0) is 15.2. The number of thioether (sulfide) groups is 2. The number of hydrogen-bond acceptors (Lipinski definition) is 3. The Labute approximate surface area is 140 Å². The lowest BCUT2D eigenvalue weighted by Gasteiger charge is -2.09. The van der Waals surface area contributed by atoms with E-state index in [1.54, 1.807) is 23.5 Å². The highest BCUT2D eigenvalue weighted by atomic mass is 35.5. The van der Waals surface area contributed by atoms with Crippen LogP contribution < -0.4 is 0 Å². The smallest absolute Gasteiger partial charge is 0.186 e. The molecule has 0 aliphatic heterocycles. The van der Waals surface area contributed by atoms with Crippen LogP contribution in [-0.4, -0.2) is 18.3 Å². The molecule has 2 rings (SSSR count). The van der Waals surface area contributed by atoms with Gasteiger partial charge in [-0.05, 0) is 62.0 Å². The second-order valence-corrected chi connectivity index (χ2v) is 7.26. The minimum Gasteiger partial charge on any atom is -0.289 e. The van der Waals surface area contributed by atoms with E-state index in [1.165, 1.54) is 0 Å². The van der Waals surface area contributed by atoms with Gasteiger partial charge in [-0.15, -0.1) is 23.5 Å². The average molecular weight is 339 g/mol. The third-order valence-corrected chi connectivity index (χ3v) is 6.00. The number of halogens is 1. The first kappa shape index (κ1) is 16.7. The van der Waals surface area contributed by atoms with Crippen LogP contribution in [0, 0.1) is 0 Å². The molecule has 0 heterocycles. The van der Waals surface area contributed by atoms with Gasteiger partial charge in [0, 0.05) is 20.4 Å². The second kappa shape index (κ2) is 8.11. The molecule has 1 fully saturated rings. The first-order valence-corrected chi connectivity index (χ1v) is 9.80. The zero-order valence-corrected chi connectivity index (χ0v) is 14.7. The van der Waals surface area contributed by atoms with Gasteiger partial charge < -0.3 is 0 Å². The highest BCUT2D eigenvalue weighted by Gasteiger charge is 2.21. The van der Waals surface area contributed by atoms with Crippen LogP contribution in [0.3, 0.4) is 0 Å². The van der Waals surface area contributed by atoms with Crippen LogP contribution in [0.25, 0.3) is 6.08 Å². The molecule has 0 amide bonds. The second-order valence-electron chi connectivity index (χ2n) is 4.93. The fourth-order valence-corrected chi connectivity index (χ4v) is 4.14. The molecule has 0 radical (unpaired) electrons. The summed E-state index contributed by atoms with van der Waals surface area (Å²) in [6, 6.07) is 7.64. The fraction of sp³-hybridized carbons (Fsp3) is 0.353. The number of ketones is 1. The largest absolute Gasteiger partial charge is 0.289 e. The molecule has 0 N–H and O–H groups in total. The quantitative estimate of drug-likeness (QED) is 0.511. The number of allylic oxidation sites excluding steroid dienone is 2. The lowest BCUT2D eigenvalue weighted by molar-refractivity contribution is -0.112. The highest BCUT2D eigenvalue weighted by molar-refractivity contribution is 8.21. The standard InChI is InChI=1S/C17H19ClOS2/c1-20-17(21-2)15-6-4-3-5-13(16(15)19)11-12-7-9-14(18)10-8-12/h7-11H,3-6H2,1-2H3/b13-11+. The lowest BCUT2D eigenvalue weighted by atomic mass is 10.0. The monoisotopic (exact) mass is 338 g/mol. The van der Waals surface area contributed by atoms with Crippen molar-refractivity contribution in [3.05, 3.63) is 50.2 Å². The highest BCUT2D eigenvalue weighted by Crippen LogP contribution is 2.35. The van der Waals surface area contributed by atoms with Gasteiger partial charge in [0.2, 0.25) is 0 Å². The van der Waals surface area contributed by atoms with Gasteiger partial charge in [0.05, 0.1) is 0 Å². The summed E-state index contributed by atoms with van der Waals surface area (Å²) in [6.45, 7) is 0. The van der Waals surface area contributed by atoms with Crippen LogP contribution in [0.2, 0.25) is 5.02 Å². The summed E-state index contributed by atoms with van der Waals surface area (Å²) in [4.78, 5) is 12.8. The SMILES string of the molecule is CSC(SC)=C1CCCC/C(=C\c2ccc(Cl)cc2)C1=O. The zero-order valence-electron chi connectivity index (χ0n) is 12.3. The molecule has 0 saturated heterocycles. The topological polar surface area (TPSA) is 17.1 Å². The van der Waals surface area contributed by atoms with Gasteiger partial charge in [0.1, 0.15) is 0 Å². The van der Waals surface area contributed by atoms with E-state index in [0.717, 1.165) is 51.7 Å². The third kappa shape index (κ3) is 4.41. The van der Waals surface area contributed by atoms with Crippen molar-refractivity contribution in [2.45, 2.75) is 25.7 Å². The molecule has 0 atom stereocenters. The Bertz CT molecular complexity index is 567. The Kier molecular flexibility index (Phi) is 6.46. The van der Waals surface area contributed by atoms with Gasteiger partial charge in [0.25, 0.3) is 0 Å². The molecule has 21 heavy (non-hydrogen) atoms. The van der Waals surface area contributed by atoms with E-state index in [9.17, 15) is 4.79 Å². The van der Waals surface area contributed by atoms with Gasteiger partial charge in [0.15, 0.2) is 5.78 Å². The first-order valence-electron chi connectivity index (χ1n) is 6.97. The van der Waals surface area contributed by atoms with Gasteiger partial charge in [-0.3, -0.25) is 4.79 Å². The molecule has 0 aromatic heterocycles. The van der Waals surface area contributed by atoms with E-state index in [4.69, 9.17) is 11.6 Å². The lowest BCUT2D eigenvalue weighted by Crippen LogP contribution is -2.05. The molecular weight excluding hydrogens is 320 g/mol. The normalized spacial score (nSPS) is 18.0. The van der Waals surface area contributed by atoms with Crippen molar-refractivity contribution in [3.8, 4) is 0 Å². The van der Waals surface area contributed by atoms with E-state index < -0.39 is 0 Å². The molecule has 112 valence electrons. The third-order valence-electron chi connectivity index (χ3n) is 3.52. The van der Waals surface area contributed by atoms with Gasteiger partial charge in [-0.1, -0.05) is 23.7 Å². The molecule has 0 bridgehead atoms. The van der Waals surface area contributed by atoms with Crippen molar-refractivity contribution < 1.29 is 4.79 Å². The van der Waals surface area contributed by atoms with Crippen LogP contribution in [0.15, 0.2) is 39.6 Å². The van der Waals surface area contributed by atoms with E-state index in [-0.39, 0.29) is 5.78 Å². The number of rotatable bonds is 3. The summed E-state index contributed by atoms with van der Waals surface area (Å²) in [5.41, 5.74) is 2.96. The van der Waals surface area contributed by atoms with Crippen molar-refractivity contribution in [1.29, 1.82) is 0 Å². The number of hydrogen-bond donors (Lipinski definition) is 0. The van der Waals surface area contributed by atoms with Crippen LogP contribution in [0.5, 0.6) is 0 Å². The molecule has 1 aliphatic carbocycles. The molecule has 1 nitrogen and oxygen atoms in total. The van der Waals surface area contributed by atoms with Crippen molar-refractivity contribution in [3.63, 3.8) is 0 Å². The van der Waals surface area contributed by atoms with Gasteiger partial charge in [-0.2, -0.15) is 0 Å². The molecular formula is C17H19ClOS2. The summed E-state index contributed by atoms with van der Waals surface area (Å²) in [5.74, 6) is 0.223. The van der Waals surface area contributed by atoms with Crippen LogP contribution in [0.4, 0.5) is 0 Å². The summed E-state index contributed by atoms with van der Waals surface area (Å²) < 4.78 is 1.16. The Morgan fingerprint density at radius 2 is 1.71 bits per heavy atom. The summed E-state index contributed by atoms with van der Waals surface area (Å²) >= 11 is 9.26. The Balaban J connectivity index is 2.36. The van der Waals surface area contributed by atoms with Crippen molar-refractivity contribution in [2.75, 3.05) is 12.5 Å². The van der Waals surface area contributed by atoms with Crippen LogP contribution >= 0.6 is 35.1 Å². The van der Waals surface area contributed by atoms with Crippen LogP contribution in [-0.2, 0) is 4.79 Å². The van der Waals surface area contributed by atoms with Gasteiger partial charge >= 0.3 is 0 Å². The molecule has 4 heteroatoms. The maximum Gasteiger partial charge on any atom is 0.186 e. The van der Waals surface area contributed by atoms with Crippen LogP contribution in [0.1, 0.15) is 31.2 Å². The molecule has 1 aromatic carbocycles.